The van der Waals surface area contributed by atoms with Gasteiger partial charge in [0, 0.05) is 36.7 Å². The number of para-hydroxylation sites is 1. The molecule has 2 unspecified atom stereocenters. The van der Waals surface area contributed by atoms with Crippen LogP contribution in [0.3, 0.4) is 0 Å². The number of nitrogens with zero attached hydrogens (tertiary/aromatic N) is 1. The Labute approximate surface area is 127 Å². The van der Waals surface area contributed by atoms with Crippen LogP contribution in [0.4, 0.5) is 0 Å². The monoisotopic (exact) mass is 286 g/mol. The van der Waals surface area contributed by atoms with Crippen molar-refractivity contribution in [3.05, 3.63) is 35.5 Å². The Morgan fingerprint density at radius 3 is 2.76 bits per heavy atom. The van der Waals surface area contributed by atoms with Gasteiger partial charge in [0.2, 0.25) is 0 Å². The molecule has 1 saturated carbocycles. The van der Waals surface area contributed by atoms with E-state index in [4.69, 9.17) is 0 Å². The van der Waals surface area contributed by atoms with Gasteiger partial charge in [-0.05, 0) is 37.3 Å². The quantitative estimate of drug-likeness (QED) is 0.906. The minimum atomic E-state index is -0.111. The van der Waals surface area contributed by atoms with Gasteiger partial charge < -0.3 is 15.0 Å². The number of nitrogens with one attached hydrogen (secondary N) is 1. The summed E-state index contributed by atoms with van der Waals surface area (Å²) in [5, 5.41) is 15.0. The summed E-state index contributed by atoms with van der Waals surface area (Å²) in [7, 11) is 2.14. The van der Waals surface area contributed by atoms with E-state index in [2.05, 4.69) is 48.1 Å². The van der Waals surface area contributed by atoms with Crippen molar-refractivity contribution in [2.24, 2.45) is 13.0 Å². The summed E-state index contributed by atoms with van der Waals surface area (Å²) in [6.45, 7) is 4.00. The highest BCUT2D eigenvalue weighted by molar-refractivity contribution is 5.85. The molecular weight excluding hydrogens is 260 g/mol. The van der Waals surface area contributed by atoms with Crippen molar-refractivity contribution in [3.63, 3.8) is 0 Å². The third-order valence-corrected chi connectivity index (χ3v) is 5.08. The van der Waals surface area contributed by atoms with Gasteiger partial charge in [-0.2, -0.15) is 0 Å². The molecule has 1 fully saturated rings. The first-order valence-electron chi connectivity index (χ1n) is 8.10. The lowest BCUT2D eigenvalue weighted by Gasteiger charge is -2.27. The van der Waals surface area contributed by atoms with Gasteiger partial charge in [-0.15, -0.1) is 0 Å². The molecule has 0 saturated heterocycles. The maximum atomic E-state index is 10.0. The van der Waals surface area contributed by atoms with Crippen molar-refractivity contribution in [1.82, 2.24) is 9.88 Å². The number of aryl methyl sites for hydroxylation is 2. The number of fused-ring (bicyclic) bond motifs is 1. The minimum absolute atomic E-state index is 0.111. The smallest absolute Gasteiger partial charge is 0.0580 e. The lowest BCUT2D eigenvalue weighted by atomic mass is 9.86. The molecule has 2 aromatic rings. The van der Waals surface area contributed by atoms with Gasteiger partial charge in [0.15, 0.2) is 0 Å². The highest BCUT2D eigenvalue weighted by atomic mass is 16.3. The fourth-order valence-electron chi connectivity index (χ4n) is 3.69. The second-order valence-corrected chi connectivity index (χ2v) is 6.39. The van der Waals surface area contributed by atoms with Crippen molar-refractivity contribution >= 4 is 10.9 Å². The van der Waals surface area contributed by atoms with E-state index in [0.717, 1.165) is 25.9 Å². The molecule has 0 radical (unpaired) electrons. The average molecular weight is 286 g/mol. The second-order valence-electron chi connectivity index (χ2n) is 6.39. The van der Waals surface area contributed by atoms with Crippen molar-refractivity contribution in [2.45, 2.75) is 45.3 Å². The summed E-state index contributed by atoms with van der Waals surface area (Å²) in [5.41, 5.74) is 4.01. The third-order valence-electron chi connectivity index (χ3n) is 5.08. The van der Waals surface area contributed by atoms with Crippen molar-refractivity contribution in [3.8, 4) is 0 Å². The topological polar surface area (TPSA) is 37.2 Å². The van der Waals surface area contributed by atoms with E-state index in [1.165, 1.54) is 35.0 Å². The van der Waals surface area contributed by atoms with E-state index in [9.17, 15) is 5.11 Å². The van der Waals surface area contributed by atoms with E-state index < -0.39 is 0 Å². The molecule has 114 valence electrons. The zero-order valence-electron chi connectivity index (χ0n) is 13.1. The van der Waals surface area contributed by atoms with Gasteiger partial charge in [0.05, 0.1) is 6.10 Å². The Morgan fingerprint density at radius 2 is 2.00 bits per heavy atom. The number of aliphatic hydroxyl groups is 1. The summed E-state index contributed by atoms with van der Waals surface area (Å²) in [4.78, 5) is 0. The molecule has 3 heteroatoms. The Bertz CT molecular complexity index is 578. The van der Waals surface area contributed by atoms with Crippen molar-refractivity contribution in [2.75, 3.05) is 6.54 Å². The highest BCUT2D eigenvalue weighted by Gasteiger charge is 2.22. The van der Waals surface area contributed by atoms with Crippen LogP contribution in [0.5, 0.6) is 0 Å². The molecule has 1 heterocycles. The number of aromatic nitrogens is 1. The van der Waals surface area contributed by atoms with E-state index in [1.807, 2.05) is 0 Å². The molecule has 0 aliphatic heterocycles. The normalized spacial score (nSPS) is 22.8. The van der Waals surface area contributed by atoms with Crippen LogP contribution in [-0.4, -0.2) is 22.3 Å². The Kier molecular flexibility index (Phi) is 4.32. The number of hydrogen-bond donors (Lipinski definition) is 2. The molecular formula is C18H26N2O. The van der Waals surface area contributed by atoms with Gasteiger partial charge >= 0.3 is 0 Å². The molecule has 21 heavy (non-hydrogen) atoms. The number of rotatable bonds is 4. The molecule has 1 aromatic heterocycles. The van der Waals surface area contributed by atoms with Gasteiger partial charge in [-0.3, -0.25) is 0 Å². The highest BCUT2D eigenvalue weighted by Crippen LogP contribution is 2.25. The second kappa shape index (κ2) is 6.20. The molecule has 1 aliphatic rings. The molecule has 0 bridgehead atoms. The van der Waals surface area contributed by atoms with Gasteiger partial charge in [0.1, 0.15) is 0 Å². The number of hydrogen-bond acceptors (Lipinski definition) is 2. The molecule has 0 spiro atoms. The first kappa shape index (κ1) is 14.6. The molecule has 3 rings (SSSR count). The van der Waals surface area contributed by atoms with E-state index in [1.54, 1.807) is 0 Å². The first-order chi connectivity index (χ1) is 10.2. The van der Waals surface area contributed by atoms with E-state index in [-0.39, 0.29) is 6.10 Å². The summed E-state index contributed by atoms with van der Waals surface area (Å²) in [6.07, 6.45) is 4.46. The van der Waals surface area contributed by atoms with E-state index >= 15 is 0 Å². The zero-order valence-corrected chi connectivity index (χ0v) is 13.1. The molecule has 1 aliphatic carbocycles. The predicted octanol–water partition coefficient (Wildman–Crippen LogP) is 3.13. The van der Waals surface area contributed by atoms with Gasteiger partial charge in [-0.25, -0.2) is 0 Å². The standard InChI is InChI=1S/C18H26N2O/c1-13-15-8-4-5-9-16(15)20(2)17(13)12-19-11-14-7-3-6-10-18(14)21/h4-5,8-9,14,18-19,21H,3,6-7,10-12H2,1-2H3. The molecule has 1 aromatic carbocycles. The van der Waals surface area contributed by atoms with Crippen LogP contribution in [0.15, 0.2) is 24.3 Å². The number of aliphatic hydroxyl groups excluding tert-OH is 1. The fraction of sp³-hybridized carbons (Fsp3) is 0.556. The summed E-state index contributed by atoms with van der Waals surface area (Å²) in [5.74, 6) is 0.425. The molecule has 3 nitrogen and oxygen atoms in total. The molecule has 2 N–H and O–H groups in total. The van der Waals surface area contributed by atoms with Gasteiger partial charge in [-0.1, -0.05) is 31.0 Å². The fourth-order valence-corrected chi connectivity index (χ4v) is 3.69. The Balaban J connectivity index is 1.68. The van der Waals surface area contributed by atoms with E-state index in [0.29, 0.717) is 5.92 Å². The summed E-state index contributed by atoms with van der Waals surface area (Å²) in [6, 6.07) is 8.57. The third kappa shape index (κ3) is 2.85. The Morgan fingerprint density at radius 1 is 1.24 bits per heavy atom. The van der Waals surface area contributed by atoms with Crippen LogP contribution in [0.1, 0.15) is 36.9 Å². The predicted molar refractivity (Wildman–Crippen MR) is 87.3 cm³/mol. The minimum Gasteiger partial charge on any atom is -0.393 e. The van der Waals surface area contributed by atoms with Crippen LogP contribution in [-0.2, 0) is 13.6 Å². The SMILES string of the molecule is Cc1c(CNCC2CCCCC2O)n(C)c2ccccc12. The first-order valence-corrected chi connectivity index (χ1v) is 8.10. The maximum Gasteiger partial charge on any atom is 0.0580 e. The molecule has 0 amide bonds. The van der Waals surface area contributed by atoms with Crippen molar-refractivity contribution < 1.29 is 5.11 Å². The lowest BCUT2D eigenvalue weighted by molar-refractivity contribution is 0.0694. The van der Waals surface area contributed by atoms with Crippen molar-refractivity contribution in [1.29, 1.82) is 0 Å². The summed E-state index contributed by atoms with van der Waals surface area (Å²) < 4.78 is 2.29. The van der Waals surface area contributed by atoms with Crippen LogP contribution < -0.4 is 5.32 Å². The number of benzene rings is 1. The molecule has 2 atom stereocenters. The van der Waals surface area contributed by atoms with Crippen LogP contribution in [0, 0.1) is 12.8 Å². The Hall–Kier alpha value is -1.32. The van der Waals surface area contributed by atoms with Crippen LogP contribution >= 0.6 is 0 Å². The van der Waals surface area contributed by atoms with Crippen LogP contribution in [0.25, 0.3) is 10.9 Å². The van der Waals surface area contributed by atoms with Gasteiger partial charge in [0.25, 0.3) is 0 Å². The van der Waals surface area contributed by atoms with Crippen LogP contribution in [0.2, 0.25) is 0 Å². The average Bonchev–Trinajstić information content (AvgIpc) is 2.74. The summed E-state index contributed by atoms with van der Waals surface area (Å²) >= 11 is 0. The maximum absolute atomic E-state index is 10.0. The largest absolute Gasteiger partial charge is 0.393 e. The lowest BCUT2D eigenvalue weighted by Crippen LogP contribution is -2.34. The zero-order chi connectivity index (χ0) is 14.8.